The molecule has 0 aliphatic heterocycles. The van der Waals surface area contributed by atoms with Gasteiger partial charge in [-0.3, -0.25) is 8.37 Å². The normalized spacial score (nSPS) is 11.4. The van der Waals surface area contributed by atoms with Gasteiger partial charge in [0, 0.05) is 0 Å². The zero-order valence-electron chi connectivity index (χ0n) is 8.91. The Hall–Kier alpha value is 0.935. The molecule has 0 bridgehead atoms. The van der Waals surface area contributed by atoms with Crippen LogP contribution in [-0.4, -0.2) is 39.2 Å². The molecule has 0 aliphatic carbocycles. The summed E-state index contributed by atoms with van der Waals surface area (Å²) in [5.74, 6) is 0. The molecule has 0 aliphatic rings. The van der Waals surface area contributed by atoms with Gasteiger partial charge in [-0.05, 0) is 12.8 Å². The quantitative estimate of drug-likeness (QED) is 0.191. The number of hydrogen-bond donors (Lipinski definition) is 0. The topological polar surface area (TPSA) is 133 Å². The third kappa shape index (κ3) is 20.4. The van der Waals surface area contributed by atoms with Gasteiger partial charge in [-0.2, -0.15) is 0 Å². The van der Waals surface area contributed by atoms with Crippen molar-refractivity contribution >= 4 is 20.8 Å². The van der Waals surface area contributed by atoms with Crippen molar-refractivity contribution < 1.29 is 72.0 Å². The van der Waals surface area contributed by atoms with Crippen molar-refractivity contribution in [2.45, 2.75) is 12.8 Å². The van der Waals surface area contributed by atoms with Crippen molar-refractivity contribution in [2.24, 2.45) is 0 Å². The minimum absolute atomic E-state index is 0. The Morgan fingerprint density at radius 3 is 1.19 bits per heavy atom. The molecule has 0 radical (unpaired) electrons. The molecule has 86 valence electrons. The Balaban J connectivity index is -0.000000845. The molecule has 0 amide bonds. The average Bonchev–Trinajstić information content (AvgIpc) is 1.92. The second-order valence-electron chi connectivity index (χ2n) is 2.17. The molecule has 0 heterocycles. The van der Waals surface area contributed by atoms with Gasteiger partial charge in [0.1, 0.15) is 0 Å². The van der Waals surface area contributed by atoms with E-state index in [1.165, 1.54) is 0 Å². The summed E-state index contributed by atoms with van der Waals surface area (Å²) >= 11 is 0. The third-order valence-corrected chi connectivity index (χ3v) is 1.90. The van der Waals surface area contributed by atoms with Crippen molar-refractivity contribution in [3.63, 3.8) is 0 Å². The van der Waals surface area contributed by atoms with Crippen molar-refractivity contribution in [1.29, 1.82) is 0 Å². The molecule has 0 atom stereocenters. The summed E-state index contributed by atoms with van der Waals surface area (Å²) in [6.07, 6.45) is 0.188. The SMILES string of the molecule is O=S(=O)([O-])OCCCCOS(=O)(=O)[O-].[Li+].[Li+]. The Labute approximate surface area is 118 Å². The molecule has 8 nitrogen and oxygen atoms in total. The fraction of sp³-hybridized carbons (Fsp3) is 1.00. The van der Waals surface area contributed by atoms with E-state index in [2.05, 4.69) is 8.37 Å². The van der Waals surface area contributed by atoms with E-state index < -0.39 is 20.8 Å². The smallest absolute Gasteiger partial charge is 0.726 e. The van der Waals surface area contributed by atoms with Crippen LogP contribution in [0.15, 0.2) is 0 Å². The fourth-order valence-corrected chi connectivity index (χ4v) is 1.17. The molecule has 0 aromatic carbocycles. The second-order valence-corrected chi connectivity index (χ2v) is 4.27. The van der Waals surface area contributed by atoms with Gasteiger partial charge in [0.2, 0.25) is 20.8 Å². The maximum atomic E-state index is 9.87. The molecule has 0 spiro atoms. The first-order chi connectivity index (χ1) is 6.21. The van der Waals surface area contributed by atoms with E-state index in [1.807, 2.05) is 0 Å². The van der Waals surface area contributed by atoms with Gasteiger partial charge < -0.3 is 9.11 Å². The molecule has 0 unspecified atom stereocenters. The Morgan fingerprint density at radius 2 is 1.00 bits per heavy atom. The van der Waals surface area contributed by atoms with Gasteiger partial charge in [-0.1, -0.05) is 0 Å². The van der Waals surface area contributed by atoms with Crippen LogP contribution in [0, 0.1) is 0 Å². The maximum absolute atomic E-state index is 9.87. The van der Waals surface area contributed by atoms with Gasteiger partial charge in [0.15, 0.2) is 0 Å². The van der Waals surface area contributed by atoms with Crippen molar-refractivity contribution in [3.05, 3.63) is 0 Å². The van der Waals surface area contributed by atoms with E-state index in [-0.39, 0.29) is 63.8 Å². The summed E-state index contributed by atoms with van der Waals surface area (Å²) in [6.45, 7) is -0.734. The Kier molecular flexibility index (Phi) is 13.7. The third-order valence-electron chi connectivity index (χ3n) is 0.994. The summed E-state index contributed by atoms with van der Waals surface area (Å²) in [5.41, 5.74) is 0. The molecular weight excluding hydrogens is 254 g/mol. The van der Waals surface area contributed by atoms with E-state index in [1.54, 1.807) is 0 Å². The maximum Gasteiger partial charge on any atom is 1.00 e. The fourth-order valence-electron chi connectivity index (χ4n) is 0.526. The van der Waals surface area contributed by atoms with Crippen LogP contribution in [0.4, 0.5) is 0 Å². The molecular formula is C4H8Li2O8S2. The predicted octanol–water partition coefficient (Wildman–Crippen LogP) is -7.27. The van der Waals surface area contributed by atoms with Crippen LogP contribution in [0.1, 0.15) is 12.8 Å². The summed E-state index contributed by atoms with van der Waals surface area (Å²) in [4.78, 5) is 0. The van der Waals surface area contributed by atoms with Crippen LogP contribution >= 0.6 is 0 Å². The number of rotatable bonds is 7. The van der Waals surface area contributed by atoms with E-state index in [4.69, 9.17) is 0 Å². The summed E-state index contributed by atoms with van der Waals surface area (Å²) in [6, 6.07) is 0. The molecule has 0 saturated heterocycles. The van der Waals surface area contributed by atoms with Crippen LogP contribution in [0.5, 0.6) is 0 Å². The first kappa shape index (κ1) is 22.1. The molecule has 12 heteroatoms. The molecule has 0 aromatic heterocycles. The standard InChI is InChI=1S/C4H10O8S2.2Li/c5-13(6,7)11-3-1-2-4-12-14(8,9)10;;/h1-4H2,(H,5,6,7)(H,8,9,10);;/q;2*+1/p-2. The van der Waals surface area contributed by atoms with Gasteiger partial charge in [-0.15, -0.1) is 0 Å². The molecule has 16 heavy (non-hydrogen) atoms. The van der Waals surface area contributed by atoms with E-state index >= 15 is 0 Å². The van der Waals surface area contributed by atoms with Gasteiger partial charge >= 0.3 is 37.7 Å². The zero-order valence-corrected chi connectivity index (χ0v) is 10.5. The van der Waals surface area contributed by atoms with E-state index in [9.17, 15) is 25.9 Å². The van der Waals surface area contributed by atoms with Crippen LogP contribution < -0.4 is 37.7 Å². The Morgan fingerprint density at radius 1 is 0.750 bits per heavy atom. The Bertz CT molecular complexity index is 312. The summed E-state index contributed by atoms with van der Waals surface area (Å²) < 4.78 is 66.8. The molecule has 0 fully saturated rings. The van der Waals surface area contributed by atoms with Gasteiger partial charge in [-0.25, -0.2) is 16.8 Å². The van der Waals surface area contributed by atoms with E-state index in [0.29, 0.717) is 0 Å². The van der Waals surface area contributed by atoms with E-state index in [0.717, 1.165) is 0 Å². The van der Waals surface area contributed by atoms with Crippen molar-refractivity contribution in [2.75, 3.05) is 13.2 Å². The molecule has 0 N–H and O–H groups in total. The second kappa shape index (κ2) is 9.91. The minimum Gasteiger partial charge on any atom is -0.726 e. The first-order valence-electron chi connectivity index (χ1n) is 3.41. The average molecular weight is 262 g/mol. The number of unbranched alkanes of at least 4 members (excludes halogenated alkanes) is 1. The minimum atomic E-state index is -4.71. The van der Waals surface area contributed by atoms with Crippen LogP contribution in [0.3, 0.4) is 0 Å². The monoisotopic (exact) mass is 262 g/mol. The molecule has 0 saturated carbocycles. The van der Waals surface area contributed by atoms with Gasteiger partial charge in [0.25, 0.3) is 0 Å². The molecule has 0 rings (SSSR count). The largest absolute Gasteiger partial charge is 1.00 e. The zero-order chi connectivity index (χ0) is 11.2. The summed E-state index contributed by atoms with van der Waals surface area (Å²) in [7, 11) is -9.42. The van der Waals surface area contributed by atoms with Crippen LogP contribution in [-0.2, 0) is 29.2 Å². The van der Waals surface area contributed by atoms with Gasteiger partial charge in [0.05, 0.1) is 13.2 Å². The number of hydrogen-bond acceptors (Lipinski definition) is 8. The molecule has 0 aromatic rings. The summed E-state index contributed by atoms with van der Waals surface area (Å²) in [5, 5.41) is 0. The van der Waals surface area contributed by atoms with Crippen molar-refractivity contribution in [1.82, 2.24) is 0 Å². The van der Waals surface area contributed by atoms with Crippen LogP contribution in [0.2, 0.25) is 0 Å². The van der Waals surface area contributed by atoms with Crippen molar-refractivity contribution in [3.8, 4) is 0 Å². The predicted molar refractivity (Wildman–Crippen MR) is 40.5 cm³/mol. The van der Waals surface area contributed by atoms with Crippen LogP contribution in [0.25, 0.3) is 0 Å². The first-order valence-corrected chi connectivity index (χ1v) is 6.08.